The highest BCUT2D eigenvalue weighted by Gasteiger charge is 2.30. The number of hydrogen-bond acceptors (Lipinski definition) is 3. The number of hydrogen-bond donors (Lipinski definition) is 1. The van der Waals surface area contributed by atoms with Gasteiger partial charge >= 0.3 is 5.97 Å². The Kier molecular flexibility index (Phi) is 4.63. The van der Waals surface area contributed by atoms with E-state index in [2.05, 4.69) is 18.2 Å². The van der Waals surface area contributed by atoms with Crippen molar-refractivity contribution in [3.8, 4) is 16.9 Å². The van der Waals surface area contributed by atoms with Crippen LogP contribution in [0.5, 0.6) is 5.75 Å². The molecule has 0 saturated carbocycles. The molecule has 0 aromatic heterocycles. The summed E-state index contributed by atoms with van der Waals surface area (Å²) in [4.78, 5) is 13.3. The van der Waals surface area contributed by atoms with Gasteiger partial charge in [-0.15, -0.1) is 0 Å². The summed E-state index contributed by atoms with van der Waals surface area (Å²) in [6.45, 7) is 1.43. The average Bonchev–Trinajstić information content (AvgIpc) is 3.04. The smallest absolute Gasteiger partial charge is 0.320 e. The molecule has 1 aliphatic heterocycles. The Labute approximate surface area is 136 Å². The summed E-state index contributed by atoms with van der Waals surface area (Å²) in [5.74, 6) is 0.0739. The van der Waals surface area contributed by atoms with Gasteiger partial charge in [-0.25, -0.2) is 0 Å². The molecule has 0 radical (unpaired) electrons. The molecule has 0 amide bonds. The largest absolute Gasteiger partial charge is 0.496 e. The molecule has 1 aliphatic rings. The van der Waals surface area contributed by atoms with Crippen molar-refractivity contribution >= 4 is 5.97 Å². The standard InChI is InChI=1S/C19H21NO3/c1-23-18-12-15(14-6-3-2-4-7-14)9-10-16(18)13-20-11-5-8-17(20)19(21)22/h2-4,6-7,9-10,12,17H,5,8,11,13H2,1H3,(H,21,22)/t17-/m1/s1. The number of carboxylic acid groups (broad SMARTS) is 1. The summed E-state index contributed by atoms with van der Waals surface area (Å²) >= 11 is 0. The number of carboxylic acids is 1. The SMILES string of the molecule is COc1cc(-c2ccccc2)ccc1CN1CCC[C@@H]1C(=O)O. The predicted octanol–water partition coefficient (Wildman–Crippen LogP) is 3.41. The monoisotopic (exact) mass is 311 g/mol. The van der Waals surface area contributed by atoms with Gasteiger partial charge in [-0.05, 0) is 36.6 Å². The molecule has 0 unspecified atom stereocenters. The van der Waals surface area contributed by atoms with Crippen LogP contribution in [0, 0.1) is 0 Å². The number of carbonyl (C=O) groups is 1. The maximum atomic E-state index is 11.3. The predicted molar refractivity (Wildman–Crippen MR) is 89.5 cm³/mol. The van der Waals surface area contributed by atoms with Crippen molar-refractivity contribution in [2.45, 2.75) is 25.4 Å². The Hall–Kier alpha value is -2.33. The second-order valence-corrected chi connectivity index (χ2v) is 5.86. The van der Waals surface area contributed by atoms with E-state index in [0.717, 1.165) is 41.8 Å². The average molecular weight is 311 g/mol. The maximum Gasteiger partial charge on any atom is 0.320 e. The molecule has 0 aliphatic carbocycles. The highest BCUT2D eigenvalue weighted by atomic mass is 16.5. The third kappa shape index (κ3) is 3.37. The number of benzene rings is 2. The number of likely N-dealkylation sites (tertiary alicyclic amines) is 1. The number of aliphatic carboxylic acids is 1. The summed E-state index contributed by atoms with van der Waals surface area (Å²) in [5.41, 5.74) is 3.27. The Balaban J connectivity index is 1.84. The van der Waals surface area contributed by atoms with Gasteiger partial charge in [0.15, 0.2) is 0 Å². The summed E-state index contributed by atoms with van der Waals surface area (Å²) in [6.07, 6.45) is 1.65. The summed E-state index contributed by atoms with van der Waals surface area (Å²) in [6, 6.07) is 15.9. The molecule has 23 heavy (non-hydrogen) atoms. The Morgan fingerprint density at radius 3 is 2.70 bits per heavy atom. The van der Waals surface area contributed by atoms with Crippen molar-refractivity contribution in [2.24, 2.45) is 0 Å². The molecule has 1 atom stereocenters. The minimum absolute atomic E-state index is 0.381. The summed E-state index contributed by atoms with van der Waals surface area (Å²) in [7, 11) is 1.66. The van der Waals surface area contributed by atoms with E-state index in [4.69, 9.17) is 4.74 Å². The van der Waals surface area contributed by atoms with Crippen LogP contribution in [0.4, 0.5) is 0 Å². The molecule has 1 heterocycles. The molecular formula is C19H21NO3. The molecular weight excluding hydrogens is 290 g/mol. The molecule has 2 aromatic rings. The van der Waals surface area contributed by atoms with Crippen molar-refractivity contribution in [1.29, 1.82) is 0 Å². The summed E-state index contributed by atoms with van der Waals surface area (Å²) in [5, 5.41) is 9.31. The minimum Gasteiger partial charge on any atom is -0.496 e. The van der Waals surface area contributed by atoms with Crippen LogP contribution in [0.1, 0.15) is 18.4 Å². The topological polar surface area (TPSA) is 49.8 Å². The van der Waals surface area contributed by atoms with E-state index in [9.17, 15) is 9.90 Å². The van der Waals surface area contributed by atoms with Gasteiger partial charge in [0.2, 0.25) is 0 Å². The fourth-order valence-electron chi connectivity index (χ4n) is 3.20. The van der Waals surface area contributed by atoms with Gasteiger partial charge in [-0.2, -0.15) is 0 Å². The Morgan fingerprint density at radius 2 is 2.00 bits per heavy atom. The third-order valence-electron chi connectivity index (χ3n) is 4.42. The first-order valence-corrected chi connectivity index (χ1v) is 7.88. The van der Waals surface area contributed by atoms with Gasteiger partial charge in [-0.1, -0.05) is 42.5 Å². The fraction of sp³-hybridized carbons (Fsp3) is 0.316. The lowest BCUT2D eigenvalue weighted by atomic mass is 10.0. The van der Waals surface area contributed by atoms with Gasteiger partial charge < -0.3 is 9.84 Å². The van der Waals surface area contributed by atoms with Crippen LogP contribution in [-0.2, 0) is 11.3 Å². The first-order valence-electron chi connectivity index (χ1n) is 7.88. The van der Waals surface area contributed by atoms with Crippen LogP contribution < -0.4 is 4.74 Å². The van der Waals surface area contributed by atoms with Gasteiger partial charge in [-0.3, -0.25) is 9.69 Å². The summed E-state index contributed by atoms with van der Waals surface area (Å²) < 4.78 is 5.54. The van der Waals surface area contributed by atoms with Crippen LogP contribution in [0.3, 0.4) is 0 Å². The molecule has 4 nitrogen and oxygen atoms in total. The number of ether oxygens (including phenoxy) is 1. The van der Waals surface area contributed by atoms with E-state index >= 15 is 0 Å². The van der Waals surface area contributed by atoms with E-state index in [1.54, 1.807) is 7.11 Å². The molecule has 4 heteroatoms. The van der Waals surface area contributed by atoms with Crippen molar-refractivity contribution in [3.05, 3.63) is 54.1 Å². The van der Waals surface area contributed by atoms with Gasteiger partial charge in [0.05, 0.1) is 7.11 Å². The first-order chi connectivity index (χ1) is 11.2. The van der Waals surface area contributed by atoms with Crippen LogP contribution in [0.2, 0.25) is 0 Å². The molecule has 0 spiro atoms. The van der Waals surface area contributed by atoms with E-state index in [1.807, 2.05) is 35.2 Å². The van der Waals surface area contributed by atoms with E-state index in [-0.39, 0.29) is 6.04 Å². The molecule has 3 rings (SSSR count). The van der Waals surface area contributed by atoms with Crippen molar-refractivity contribution in [3.63, 3.8) is 0 Å². The maximum absolute atomic E-state index is 11.3. The molecule has 0 bridgehead atoms. The second kappa shape index (κ2) is 6.84. The van der Waals surface area contributed by atoms with Crippen molar-refractivity contribution < 1.29 is 14.6 Å². The second-order valence-electron chi connectivity index (χ2n) is 5.86. The molecule has 1 saturated heterocycles. The van der Waals surface area contributed by atoms with Crippen molar-refractivity contribution in [2.75, 3.05) is 13.7 Å². The molecule has 2 aromatic carbocycles. The van der Waals surface area contributed by atoms with Gasteiger partial charge in [0.25, 0.3) is 0 Å². The zero-order valence-electron chi connectivity index (χ0n) is 13.2. The number of nitrogens with zero attached hydrogens (tertiary/aromatic N) is 1. The highest BCUT2D eigenvalue weighted by molar-refractivity contribution is 5.74. The minimum atomic E-state index is -0.734. The molecule has 1 N–H and O–H groups in total. The highest BCUT2D eigenvalue weighted by Crippen LogP contribution is 2.30. The van der Waals surface area contributed by atoms with Crippen LogP contribution in [0.15, 0.2) is 48.5 Å². The quantitative estimate of drug-likeness (QED) is 0.919. The van der Waals surface area contributed by atoms with Gasteiger partial charge in [0.1, 0.15) is 11.8 Å². The first kappa shape index (κ1) is 15.6. The zero-order chi connectivity index (χ0) is 16.2. The lowest BCUT2D eigenvalue weighted by molar-refractivity contribution is -0.142. The van der Waals surface area contributed by atoms with Crippen LogP contribution >= 0.6 is 0 Å². The molecule has 120 valence electrons. The number of rotatable bonds is 5. The van der Waals surface area contributed by atoms with E-state index in [1.165, 1.54) is 0 Å². The molecule has 1 fully saturated rings. The van der Waals surface area contributed by atoms with Gasteiger partial charge in [0, 0.05) is 12.1 Å². The third-order valence-corrected chi connectivity index (χ3v) is 4.42. The number of methoxy groups -OCH3 is 1. The Morgan fingerprint density at radius 1 is 1.22 bits per heavy atom. The van der Waals surface area contributed by atoms with Crippen LogP contribution in [0.25, 0.3) is 11.1 Å². The Bertz CT molecular complexity index is 684. The van der Waals surface area contributed by atoms with E-state index in [0.29, 0.717) is 6.54 Å². The lowest BCUT2D eigenvalue weighted by Crippen LogP contribution is -2.35. The normalized spacial score (nSPS) is 18.0. The van der Waals surface area contributed by atoms with Crippen LogP contribution in [-0.4, -0.2) is 35.7 Å². The lowest BCUT2D eigenvalue weighted by Gasteiger charge is -2.22. The fourth-order valence-corrected chi connectivity index (χ4v) is 3.20. The van der Waals surface area contributed by atoms with Crippen molar-refractivity contribution in [1.82, 2.24) is 4.90 Å². The van der Waals surface area contributed by atoms with E-state index < -0.39 is 5.97 Å². The zero-order valence-corrected chi connectivity index (χ0v) is 13.2.